The standard InChI is InChI=1S/C12H13N5O/c1-7-5-10(8(2)17-16-7)12(18)15-11-4-3-9(13)6-14-11/h3-6H,13H2,1-2H3,(H,14,15,18). The minimum atomic E-state index is -0.261. The Labute approximate surface area is 104 Å². The van der Waals surface area contributed by atoms with Gasteiger partial charge in [-0.05, 0) is 32.0 Å². The summed E-state index contributed by atoms with van der Waals surface area (Å²) in [5, 5.41) is 10.5. The first-order valence-electron chi connectivity index (χ1n) is 5.40. The SMILES string of the molecule is Cc1cc(C(=O)Nc2ccc(N)cn2)c(C)nn1. The fraction of sp³-hybridized carbons (Fsp3) is 0.167. The minimum Gasteiger partial charge on any atom is -0.397 e. The first-order chi connectivity index (χ1) is 8.56. The number of nitrogens with one attached hydrogen (secondary N) is 1. The number of aryl methyl sites for hydroxylation is 2. The van der Waals surface area contributed by atoms with Gasteiger partial charge in [0.25, 0.3) is 5.91 Å². The van der Waals surface area contributed by atoms with Crippen LogP contribution in [0.3, 0.4) is 0 Å². The van der Waals surface area contributed by atoms with E-state index in [4.69, 9.17) is 5.73 Å². The minimum absolute atomic E-state index is 0.261. The van der Waals surface area contributed by atoms with Crippen LogP contribution in [-0.4, -0.2) is 21.1 Å². The molecule has 0 saturated carbocycles. The molecule has 2 rings (SSSR count). The molecule has 92 valence electrons. The second-order valence-electron chi connectivity index (χ2n) is 3.92. The van der Waals surface area contributed by atoms with Gasteiger partial charge in [-0.1, -0.05) is 0 Å². The first kappa shape index (κ1) is 12.0. The molecule has 0 aliphatic rings. The van der Waals surface area contributed by atoms with E-state index in [1.54, 1.807) is 32.0 Å². The molecule has 1 amide bonds. The van der Waals surface area contributed by atoms with Gasteiger partial charge in [-0.25, -0.2) is 4.98 Å². The molecule has 0 fully saturated rings. The van der Waals surface area contributed by atoms with E-state index >= 15 is 0 Å². The van der Waals surface area contributed by atoms with Crippen molar-refractivity contribution in [1.29, 1.82) is 0 Å². The highest BCUT2D eigenvalue weighted by atomic mass is 16.1. The number of anilines is 2. The normalized spacial score (nSPS) is 10.1. The summed E-state index contributed by atoms with van der Waals surface area (Å²) in [4.78, 5) is 16.0. The summed E-state index contributed by atoms with van der Waals surface area (Å²) < 4.78 is 0. The molecule has 2 heterocycles. The average molecular weight is 243 g/mol. The van der Waals surface area contributed by atoms with Crippen molar-refractivity contribution < 1.29 is 4.79 Å². The third kappa shape index (κ3) is 2.60. The van der Waals surface area contributed by atoms with Gasteiger partial charge in [0.05, 0.1) is 28.8 Å². The lowest BCUT2D eigenvalue weighted by Gasteiger charge is -2.06. The number of aromatic nitrogens is 3. The van der Waals surface area contributed by atoms with Gasteiger partial charge in [-0.15, -0.1) is 0 Å². The van der Waals surface area contributed by atoms with E-state index < -0.39 is 0 Å². The first-order valence-corrected chi connectivity index (χ1v) is 5.40. The molecule has 0 radical (unpaired) electrons. The second-order valence-corrected chi connectivity index (χ2v) is 3.92. The van der Waals surface area contributed by atoms with Gasteiger partial charge < -0.3 is 11.1 Å². The van der Waals surface area contributed by atoms with Gasteiger partial charge >= 0.3 is 0 Å². The van der Waals surface area contributed by atoms with E-state index in [1.165, 1.54) is 6.20 Å². The molecule has 18 heavy (non-hydrogen) atoms. The van der Waals surface area contributed by atoms with Crippen molar-refractivity contribution >= 4 is 17.4 Å². The number of pyridine rings is 1. The highest BCUT2D eigenvalue weighted by Gasteiger charge is 2.11. The Morgan fingerprint density at radius 1 is 1.28 bits per heavy atom. The van der Waals surface area contributed by atoms with E-state index in [0.717, 1.165) is 0 Å². The summed E-state index contributed by atoms with van der Waals surface area (Å²) in [6.45, 7) is 3.52. The van der Waals surface area contributed by atoms with Crippen molar-refractivity contribution in [3.8, 4) is 0 Å². The van der Waals surface area contributed by atoms with Crippen LogP contribution in [0.15, 0.2) is 24.4 Å². The van der Waals surface area contributed by atoms with E-state index in [-0.39, 0.29) is 5.91 Å². The molecule has 0 spiro atoms. The van der Waals surface area contributed by atoms with Crippen LogP contribution in [0.4, 0.5) is 11.5 Å². The predicted octanol–water partition coefficient (Wildman–Crippen LogP) is 1.32. The number of rotatable bonds is 2. The van der Waals surface area contributed by atoms with Gasteiger partial charge in [-0.3, -0.25) is 4.79 Å². The van der Waals surface area contributed by atoms with E-state index in [2.05, 4.69) is 20.5 Å². The maximum Gasteiger partial charge on any atom is 0.258 e. The molecular weight excluding hydrogens is 230 g/mol. The summed E-state index contributed by atoms with van der Waals surface area (Å²) in [5.41, 5.74) is 7.82. The number of hydrogen-bond acceptors (Lipinski definition) is 5. The van der Waals surface area contributed by atoms with Crippen molar-refractivity contribution in [1.82, 2.24) is 15.2 Å². The maximum atomic E-state index is 12.0. The van der Waals surface area contributed by atoms with Crippen LogP contribution < -0.4 is 11.1 Å². The van der Waals surface area contributed by atoms with Crippen LogP contribution in [0.2, 0.25) is 0 Å². The fourth-order valence-corrected chi connectivity index (χ4v) is 1.44. The number of amides is 1. The Morgan fingerprint density at radius 2 is 2.06 bits per heavy atom. The average Bonchev–Trinajstić information content (AvgIpc) is 2.35. The summed E-state index contributed by atoms with van der Waals surface area (Å²) in [5.74, 6) is 0.186. The number of nitrogens with two attached hydrogens (primary N) is 1. The second kappa shape index (κ2) is 4.79. The lowest BCUT2D eigenvalue weighted by atomic mass is 10.2. The van der Waals surface area contributed by atoms with Crippen molar-refractivity contribution in [2.75, 3.05) is 11.1 Å². The number of nitrogen functional groups attached to an aromatic ring is 1. The van der Waals surface area contributed by atoms with Crippen LogP contribution >= 0.6 is 0 Å². The molecule has 0 aromatic carbocycles. The molecule has 0 bridgehead atoms. The van der Waals surface area contributed by atoms with Crippen LogP contribution in [-0.2, 0) is 0 Å². The molecule has 6 heteroatoms. The zero-order valence-electron chi connectivity index (χ0n) is 10.1. The highest BCUT2D eigenvalue weighted by molar-refractivity contribution is 6.04. The van der Waals surface area contributed by atoms with Crippen LogP contribution in [0, 0.1) is 13.8 Å². The zero-order valence-corrected chi connectivity index (χ0v) is 10.1. The van der Waals surface area contributed by atoms with Crippen molar-refractivity contribution in [3.63, 3.8) is 0 Å². The monoisotopic (exact) mass is 243 g/mol. The van der Waals surface area contributed by atoms with Crippen molar-refractivity contribution in [2.24, 2.45) is 0 Å². The molecular formula is C12H13N5O. The van der Waals surface area contributed by atoms with Gasteiger partial charge in [0, 0.05) is 0 Å². The van der Waals surface area contributed by atoms with Gasteiger partial charge in [-0.2, -0.15) is 10.2 Å². The summed E-state index contributed by atoms with van der Waals surface area (Å²) in [7, 11) is 0. The van der Waals surface area contributed by atoms with Gasteiger partial charge in [0.15, 0.2) is 0 Å². The van der Waals surface area contributed by atoms with E-state index in [1.807, 2.05) is 0 Å². The highest BCUT2D eigenvalue weighted by Crippen LogP contribution is 2.10. The Kier molecular flexibility index (Phi) is 3.18. The van der Waals surface area contributed by atoms with Crippen molar-refractivity contribution in [2.45, 2.75) is 13.8 Å². The smallest absolute Gasteiger partial charge is 0.258 e. The van der Waals surface area contributed by atoms with Crippen LogP contribution in [0.5, 0.6) is 0 Å². The van der Waals surface area contributed by atoms with Crippen LogP contribution in [0.1, 0.15) is 21.7 Å². The lowest BCUT2D eigenvalue weighted by molar-refractivity contribution is 0.102. The third-order valence-electron chi connectivity index (χ3n) is 2.37. The maximum absolute atomic E-state index is 12.0. The lowest BCUT2D eigenvalue weighted by Crippen LogP contribution is -2.15. The van der Waals surface area contributed by atoms with Crippen LogP contribution in [0.25, 0.3) is 0 Å². The molecule has 2 aromatic rings. The molecule has 0 atom stereocenters. The largest absolute Gasteiger partial charge is 0.397 e. The Balaban J connectivity index is 2.21. The van der Waals surface area contributed by atoms with E-state index in [0.29, 0.717) is 28.5 Å². The molecule has 2 aromatic heterocycles. The quantitative estimate of drug-likeness (QED) is 0.829. The molecule has 0 unspecified atom stereocenters. The van der Waals surface area contributed by atoms with Gasteiger partial charge in [0.1, 0.15) is 5.82 Å². The Bertz CT molecular complexity index is 580. The van der Waals surface area contributed by atoms with Crippen molar-refractivity contribution in [3.05, 3.63) is 41.3 Å². The number of carbonyl (C=O) groups excluding carboxylic acids is 1. The summed E-state index contributed by atoms with van der Waals surface area (Å²) >= 11 is 0. The number of carbonyl (C=O) groups is 1. The summed E-state index contributed by atoms with van der Waals surface area (Å²) in [6.07, 6.45) is 1.48. The fourth-order valence-electron chi connectivity index (χ4n) is 1.44. The zero-order chi connectivity index (χ0) is 13.1. The molecule has 0 saturated heterocycles. The Morgan fingerprint density at radius 3 is 2.72 bits per heavy atom. The van der Waals surface area contributed by atoms with Gasteiger partial charge in [0.2, 0.25) is 0 Å². The summed E-state index contributed by atoms with van der Waals surface area (Å²) in [6, 6.07) is 5.00. The molecule has 0 aliphatic heterocycles. The number of hydrogen-bond donors (Lipinski definition) is 2. The molecule has 6 nitrogen and oxygen atoms in total. The van der Waals surface area contributed by atoms with E-state index in [9.17, 15) is 4.79 Å². The third-order valence-corrected chi connectivity index (χ3v) is 2.37. The molecule has 3 N–H and O–H groups in total. The Hall–Kier alpha value is -2.50. The topological polar surface area (TPSA) is 93.8 Å². The number of nitrogens with zero attached hydrogens (tertiary/aromatic N) is 3. The molecule has 0 aliphatic carbocycles. The predicted molar refractivity (Wildman–Crippen MR) is 68.1 cm³/mol.